The summed E-state index contributed by atoms with van der Waals surface area (Å²) in [5.41, 5.74) is 47.6. The number of halogens is 1. The van der Waals surface area contributed by atoms with Crippen LogP contribution in [0.4, 0.5) is 28.4 Å². The van der Waals surface area contributed by atoms with Crippen molar-refractivity contribution in [2.75, 3.05) is 10.2 Å². The van der Waals surface area contributed by atoms with E-state index in [1.165, 1.54) is 199 Å². The molecule has 0 amide bonds. The van der Waals surface area contributed by atoms with Crippen molar-refractivity contribution in [1.29, 1.82) is 0 Å². The van der Waals surface area contributed by atoms with Crippen LogP contribution < -0.4 is 10.2 Å². The molecule has 0 saturated carbocycles. The topological polar surface area (TPSA) is 25.1 Å². The van der Waals surface area contributed by atoms with Crippen LogP contribution in [-0.2, 0) is 10.8 Å². The Kier molecular flexibility index (Phi) is 24.2. The van der Waals surface area contributed by atoms with E-state index in [0.717, 1.165) is 44.3 Å². The smallest absolute Gasteiger partial charge is 0.0541 e. The summed E-state index contributed by atoms with van der Waals surface area (Å²) in [5.74, 6) is 0. The quantitative estimate of drug-likeness (QED) is 0.0983. The molecule has 0 radical (unpaired) electrons. The van der Waals surface area contributed by atoms with Crippen molar-refractivity contribution >= 4 is 88.0 Å². The number of rotatable bonds is 17. The van der Waals surface area contributed by atoms with Crippen molar-refractivity contribution in [3.63, 3.8) is 0 Å². The van der Waals surface area contributed by atoms with Gasteiger partial charge in [-0.1, -0.05) is 427 Å². The Labute approximate surface area is 852 Å². The lowest BCUT2D eigenvalue weighted by Gasteiger charge is -2.27. The largest absolute Gasteiger partial charge is 0.356 e. The van der Waals surface area contributed by atoms with Crippen LogP contribution in [-0.4, -0.2) is 9.13 Å². The van der Waals surface area contributed by atoms with Gasteiger partial charge >= 0.3 is 0 Å². The number of benzene rings is 22. The first-order valence-corrected chi connectivity index (χ1v) is 50.1. The molecule has 1 N–H and O–H groups in total. The molecule has 0 bridgehead atoms. The lowest BCUT2D eigenvalue weighted by molar-refractivity contribution is 0.660. The molecule has 2 aromatic heterocycles. The van der Waals surface area contributed by atoms with E-state index in [0.29, 0.717) is 0 Å². The fraction of sp³-hybridized carbons (Fsp3) is 0.0504. The van der Waals surface area contributed by atoms with E-state index in [1.807, 2.05) is 6.07 Å². The molecule has 2 heterocycles. The Balaban J connectivity index is 0.000000133. The molecule has 26 rings (SSSR count). The fourth-order valence-corrected chi connectivity index (χ4v) is 22.1. The van der Waals surface area contributed by atoms with E-state index in [4.69, 9.17) is 0 Å². The van der Waals surface area contributed by atoms with Gasteiger partial charge in [0.05, 0.1) is 22.1 Å². The fourth-order valence-electron chi connectivity index (χ4n) is 21.8. The van der Waals surface area contributed by atoms with Crippen LogP contribution in [0.15, 0.2) is 538 Å². The molecule has 2 aliphatic rings. The van der Waals surface area contributed by atoms with Crippen molar-refractivity contribution in [3.8, 4) is 145 Å². The second-order valence-corrected chi connectivity index (χ2v) is 39.4. The molecule has 0 aliphatic heterocycles. The van der Waals surface area contributed by atoms with Crippen LogP contribution in [0.5, 0.6) is 0 Å². The zero-order valence-corrected chi connectivity index (χ0v) is 81.6. The summed E-state index contributed by atoms with van der Waals surface area (Å²) in [5, 5.41) is 8.53. The standard InChI is InChI=1S/C69H50N2.C42H28BrN.C27H23N.CH4/c1-69(2)65-27-14-12-25-61(65)63-46-59(38-39-66(63)69)70(57-34-29-50(30-35-57)47-17-6-3-7-18-47)58-36-31-51(32-37-58)52-23-16-24-53(41-52)54-33-40-68-64(45-54)62-26-13-15-28-67(62)71(68)60-43-55(48-19-8-4-9-20-48)42-56(44-60)49-21-10-5-11-22-49;43-37-21-18-31(19-22-37)32-14-9-15-33(24-32)34-20-23-42-40(28-34)39-16-7-8-17-41(39)44(42)38-26-35(29-10-3-1-4-11-29)25-36(27-38)30-12-5-2-6-13-30;1-27(2)25-11-7-6-10-23(25)24-18-22(16-17-26(24)27)28-21-14-12-20(13-15-21)19-8-4-3-5-9-19;/h3-46H,1-2H3;1-28H;3-18,28H,1-2H3;1H4. The zero-order chi connectivity index (χ0) is 96.1. The van der Waals surface area contributed by atoms with Gasteiger partial charge in [0.1, 0.15) is 0 Å². The Morgan fingerprint density at radius 3 is 0.854 bits per heavy atom. The van der Waals surface area contributed by atoms with Gasteiger partial charge in [0.2, 0.25) is 0 Å². The maximum Gasteiger partial charge on any atom is 0.0541 e. The highest BCUT2D eigenvalue weighted by Crippen LogP contribution is 2.53. The van der Waals surface area contributed by atoms with Gasteiger partial charge in [-0.05, 0) is 314 Å². The maximum absolute atomic E-state index is 3.57. The van der Waals surface area contributed by atoms with Gasteiger partial charge in [0, 0.05) is 76.7 Å². The predicted molar refractivity (Wildman–Crippen MR) is 616 cm³/mol. The van der Waals surface area contributed by atoms with E-state index >= 15 is 0 Å². The number of hydrogen-bond acceptors (Lipinski definition) is 2. The first-order valence-electron chi connectivity index (χ1n) is 49.3. The first-order chi connectivity index (χ1) is 70.3. The average molecular weight is 1910 g/mol. The number of aromatic nitrogens is 2. The summed E-state index contributed by atoms with van der Waals surface area (Å²) in [7, 11) is 0. The van der Waals surface area contributed by atoms with Crippen molar-refractivity contribution in [1.82, 2.24) is 9.13 Å². The Morgan fingerprint density at radius 1 is 0.188 bits per heavy atom. The van der Waals surface area contributed by atoms with Crippen LogP contribution in [0.3, 0.4) is 0 Å². The minimum Gasteiger partial charge on any atom is -0.356 e. The van der Waals surface area contributed by atoms with Crippen LogP contribution in [0, 0.1) is 0 Å². The second-order valence-electron chi connectivity index (χ2n) is 38.5. The Bertz CT molecular complexity index is 8740. The summed E-state index contributed by atoms with van der Waals surface area (Å²) in [6.45, 7) is 9.31. The number of nitrogens with one attached hydrogen (secondary N) is 1. The molecule has 0 saturated heterocycles. The summed E-state index contributed by atoms with van der Waals surface area (Å²) >= 11 is 3.56. The van der Waals surface area contributed by atoms with Crippen LogP contribution in [0.2, 0.25) is 0 Å². The number of fused-ring (bicyclic) bond motifs is 12. The number of nitrogens with zero attached hydrogens (tertiary/aromatic N) is 3. The van der Waals surface area contributed by atoms with Gasteiger partial charge < -0.3 is 19.4 Å². The van der Waals surface area contributed by atoms with E-state index in [1.54, 1.807) is 0 Å². The molecule has 24 aromatic rings. The number of para-hydroxylation sites is 2. The maximum atomic E-state index is 3.57. The molecule has 5 heteroatoms. The van der Waals surface area contributed by atoms with Gasteiger partial charge in [-0.2, -0.15) is 0 Å². The summed E-state index contributed by atoms with van der Waals surface area (Å²) in [6, 6.07) is 194. The molecular weight excluding hydrogens is 1810 g/mol. The molecular formula is C139H105BrN4. The molecule has 0 atom stereocenters. The van der Waals surface area contributed by atoms with E-state index in [-0.39, 0.29) is 18.3 Å². The summed E-state index contributed by atoms with van der Waals surface area (Å²) in [4.78, 5) is 2.40. The van der Waals surface area contributed by atoms with Crippen LogP contribution in [0.25, 0.3) is 189 Å². The highest BCUT2D eigenvalue weighted by molar-refractivity contribution is 9.10. The third-order valence-electron chi connectivity index (χ3n) is 29.1. The van der Waals surface area contributed by atoms with Crippen molar-refractivity contribution < 1.29 is 0 Å². The number of anilines is 5. The molecule has 2 aliphatic carbocycles. The summed E-state index contributed by atoms with van der Waals surface area (Å²) < 4.78 is 5.95. The highest BCUT2D eigenvalue weighted by atomic mass is 79.9. The second kappa shape index (κ2) is 38.6. The van der Waals surface area contributed by atoms with E-state index < -0.39 is 0 Å². The van der Waals surface area contributed by atoms with E-state index in [2.05, 4.69) is 591 Å². The van der Waals surface area contributed by atoms with Crippen molar-refractivity contribution in [3.05, 3.63) is 561 Å². The average Bonchev–Trinajstić information content (AvgIpc) is 1.59. The normalized spacial score (nSPS) is 12.3. The van der Waals surface area contributed by atoms with Crippen molar-refractivity contribution in [2.45, 2.75) is 46.0 Å². The zero-order valence-electron chi connectivity index (χ0n) is 80.0. The third kappa shape index (κ3) is 17.4. The van der Waals surface area contributed by atoms with E-state index in [9.17, 15) is 0 Å². The lowest BCUT2D eigenvalue weighted by atomic mass is 9.82. The molecule has 4 nitrogen and oxygen atoms in total. The first kappa shape index (κ1) is 90.4. The Hall–Kier alpha value is -17.5. The Morgan fingerprint density at radius 2 is 0.451 bits per heavy atom. The molecule has 0 fully saturated rings. The van der Waals surface area contributed by atoms with Gasteiger partial charge in [-0.15, -0.1) is 0 Å². The minimum absolute atomic E-state index is 0. The number of hydrogen-bond donors (Lipinski definition) is 1. The van der Waals surface area contributed by atoms with Gasteiger partial charge in [-0.25, -0.2) is 0 Å². The molecule has 688 valence electrons. The predicted octanol–water partition coefficient (Wildman–Crippen LogP) is 39.1. The van der Waals surface area contributed by atoms with Gasteiger partial charge in [0.15, 0.2) is 0 Å². The third-order valence-corrected chi connectivity index (χ3v) is 29.6. The molecule has 0 unspecified atom stereocenters. The molecule has 144 heavy (non-hydrogen) atoms. The monoisotopic (exact) mass is 1910 g/mol. The SMILES string of the molecule is Brc1ccc(-c2cccc(-c3ccc4c(c3)c3ccccc3n4-c3cc(-c4ccccc4)cc(-c4ccccc4)c3)c2)cc1.C.CC1(C)c2ccccc2-c2cc(N(c3ccc(-c4ccccc4)cc3)c3ccc(-c4cccc(-c5ccc6c(c5)c5ccccc5n6-c5cc(-c6ccccc6)cc(-c6ccccc6)c5)c4)cc3)ccc21.CC1(C)c2ccccc2-c2cc(Nc3ccc(-c4ccccc4)cc3)ccc21. The highest BCUT2D eigenvalue weighted by Gasteiger charge is 2.37. The summed E-state index contributed by atoms with van der Waals surface area (Å²) in [6.07, 6.45) is 0. The van der Waals surface area contributed by atoms with Crippen molar-refractivity contribution in [2.24, 2.45) is 0 Å². The molecule has 0 spiro atoms. The van der Waals surface area contributed by atoms with Crippen LogP contribution in [0.1, 0.15) is 57.4 Å². The molecule has 22 aromatic carbocycles. The van der Waals surface area contributed by atoms with Crippen LogP contribution >= 0.6 is 15.9 Å². The lowest BCUT2D eigenvalue weighted by Crippen LogP contribution is -2.15. The minimum atomic E-state index is -0.0595. The van der Waals surface area contributed by atoms with Gasteiger partial charge in [0.25, 0.3) is 0 Å². The van der Waals surface area contributed by atoms with Gasteiger partial charge in [-0.3, -0.25) is 0 Å².